The van der Waals surface area contributed by atoms with Crippen LogP contribution in [0.4, 0.5) is 19.4 Å². The maximum Gasteiger partial charge on any atom is 0.427 e. The summed E-state index contributed by atoms with van der Waals surface area (Å²) in [4.78, 5) is 18.7. The number of hydrogen-bond acceptors (Lipinski definition) is 8. The average molecular weight is 604 g/mol. The van der Waals surface area contributed by atoms with Gasteiger partial charge in [0.1, 0.15) is 22.3 Å². The summed E-state index contributed by atoms with van der Waals surface area (Å²) in [5.74, 6) is -2.43. The fraction of sp³-hybridized carbons (Fsp3) is 0.0400. The van der Waals surface area contributed by atoms with Crippen molar-refractivity contribution in [2.24, 2.45) is 7.05 Å². The van der Waals surface area contributed by atoms with Crippen molar-refractivity contribution in [3.05, 3.63) is 88.6 Å². The molecule has 0 aliphatic heterocycles. The van der Waals surface area contributed by atoms with Crippen molar-refractivity contribution in [1.82, 2.24) is 19.7 Å². The molecule has 5 rings (SSSR count). The number of hydrogen-bond donors (Lipinski definition) is 1. The predicted molar refractivity (Wildman–Crippen MR) is 143 cm³/mol. The number of aromatic nitrogens is 4. The summed E-state index contributed by atoms with van der Waals surface area (Å²) in [5.41, 5.74) is 2.73. The number of amides is 1. The molecule has 0 aliphatic carbocycles. The van der Waals surface area contributed by atoms with Crippen LogP contribution in [0.15, 0.2) is 76.8 Å². The second kappa shape index (κ2) is 10.6. The quantitative estimate of drug-likeness (QED) is 0.233. The first-order chi connectivity index (χ1) is 19.1. The van der Waals surface area contributed by atoms with E-state index in [1.165, 1.54) is 34.0 Å². The lowest BCUT2D eigenvalue weighted by Gasteiger charge is -2.18. The lowest BCUT2D eigenvalue weighted by atomic mass is 10.0. The molecule has 0 unspecified atom stereocenters. The Morgan fingerprint density at radius 2 is 1.85 bits per heavy atom. The molecule has 3 heterocycles. The van der Waals surface area contributed by atoms with Gasteiger partial charge < -0.3 is 9.84 Å². The predicted octanol–water partition coefficient (Wildman–Crippen LogP) is 6.20. The summed E-state index contributed by atoms with van der Waals surface area (Å²) in [5, 5.41) is 14.5. The van der Waals surface area contributed by atoms with Crippen molar-refractivity contribution in [3.8, 4) is 33.9 Å². The molecular formula is C25H16ClF2N5O5S2. The van der Waals surface area contributed by atoms with E-state index in [0.29, 0.717) is 22.9 Å². The van der Waals surface area contributed by atoms with Gasteiger partial charge in [-0.2, -0.15) is 5.10 Å². The molecule has 5 aromatic rings. The molecule has 1 N–H and O–H groups in total. The number of pyridine rings is 1. The van der Waals surface area contributed by atoms with Gasteiger partial charge in [-0.05, 0) is 24.3 Å². The number of carbonyl (C=O) groups is 1. The third kappa shape index (κ3) is 5.11. The Morgan fingerprint density at radius 3 is 2.50 bits per heavy atom. The van der Waals surface area contributed by atoms with E-state index in [2.05, 4.69) is 15.1 Å². The van der Waals surface area contributed by atoms with Gasteiger partial charge in [0.15, 0.2) is 11.6 Å². The molecule has 0 saturated heterocycles. The molecular weight excluding hydrogens is 588 g/mol. The molecule has 0 atom stereocenters. The third-order valence-corrected chi connectivity index (χ3v) is 8.12. The zero-order valence-electron chi connectivity index (χ0n) is 20.2. The second-order valence-electron chi connectivity index (χ2n) is 8.16. The highest BCUT2D eigenvalue weighted by Crippen LogP contribution is 2.40. The molecule has 3 aromatic heterocycles. The Balaban J connectivity index is 1.56. The number of halogens is 3. The van der Waals surface area contributed by atoms with E-state index in [1.807, 2.05) is 0 Å². The fourth-order valence-electron chi connectivity index (χ4n) is 3.76. The zero-order valence-corrected chi connectivity index (χ0v) is 22.6. The summed E-state index contributed by atoms with van der Waals surface area (Å²) >= 11 is 7.25. The van der Waals surface area contributed by atoms with Gasteiger partial charge in [0.05, 0.1) is 28.6 Å². The van der Waals surface area contributed by atoms with Crippen molar-refractivity contribution in [2.45, 2.75) is 4.90 Å². The van der Waals surface area contributed by atoms with Gasteiger partial charge in [0, 0.05) is 41.4 Å². The van der Waals surface area contributed by atoms with Crippen LogP contribution >= 0.6 is 22.9 Å². The molecule has 15 heteroatoms. The maximum atomic E-state index is 15.2. The molecule has 0 aliphatic rings. The van der Waals surface area contributed by atoms with E-state index < -0.39 is 38.5 Å². The van der Waals surface area contributed by atoms with E-state index >= 15 is 4.39 Å². The van der Waals surface area contributed by atoms with Crippen molar-refractivity contribution in [2.75, 3.05) is 4.31 Å². The molecule has 204 valence electrons. The van der Waals surface area contributed by atoms with Gasteiger partial charge in [-0.15, -0.1) is 15.6 Å². The monoisotopic (exact) mass is 603 g/mol. The smallest absolute Gasteiger partial charge is 0.427 e. The normalized spacial score (nSPS) is 11.4. The standard InChI is InChI=1S/C25H16ClF2N5O5S2/c1-32-11-14(9-31-32)16-6-20(15-4-2-3-5-18(15)27)29-10-22(16)38-21-8-19(28)23(7-17(21)26)40(36,37)33(25(34)35)24-12-39-13-30-24/h2-13H,1H3,(H,34,35). The number of sulfonamides is 1. The van der Waals surface area contributed by atoms with Crippen molar-refractivity contribution < 1.29 is 31.8 Å². The minimum absolute atomic E-state index is 0.0510. The minimum atomic E-state index is -4.95. The van der Waals surface area contributed by atoms with Gasteiger partial charge in [0.2, 0.25) is 0 Å². The maximum absolute atomic E-state index is 15.2. The van der Waals surface area contributed by atoms with Crippen LogP contribution in [0.2, 0.25) is 5.02 Å². The number of ether oxygens (including phenoxy) is 1. The van der Waals surface area contributed by atoms with Crippen LogP contribution < -0.4 is 9.04 Å². The Kier molecular flexibility index (Phi) is 7.23. The number of benzene rings is 2. The van der Waals surface area contributed by atoms with Gasteiger partial charge in [-0.1, -0.05) is 23.7 Å². The molecule has 2 aromatic carbocycles. The number of thiazole rings is 1. The van der Waals surface area contributed by atoms with Gasteiger partial charge in [-0.3, -0.25) is 9.67 Å². The number of carboxylic acid groups (broad SMARTS) is 1. The topological polar surface area (TPSA) is 128 Å². The molecule has 1 amide bonds. The van der Waals surface area contributed by atoms with E-state index in [0.717, 1.165) is 17.4 Å². The lowest BCUT2D eigenvalue weighted by molar-refractivity contribution is 0.206. The van der Waals surface area contributed by atoms with Gasteiger partial charge in [-0.25, -0.2) is 27.0 Å². The van der Waals surface area contributed by atoms with Crippen molar-refractivity contribution in [1.29, 1.82) is 0 Å². The summed E-state index contributed by atoms with van der Waals surface area (Å²) in [6, 6.07) is 9.08. The number of anilines is 1. The molecule has 10 nitrogen and oxygen atoms in total. The highest BCUT2D eigenvalue weighted by atomic mass is 35.5. The summed E-state index contributed by atoms with van der Waals surface area (Å²) in [7, 11) is -3.26. The zero-order chi connectivity index (χ0) is 28.6. The largest absolute Gasteiger partial charge is 0.464 e. The van der Waals surface area contributed by atoms with Crippen molar-refractivity contribution >= 4 is 44.9 Å². The molecule has 0 fully saturated rings. The Bertz CT molecular complexity index is 1850. The van der Waals surface area contributed by atoms with E-state index in [9.17, 15) is 22.7 Å². The van der Waals surface area contributed by atoms with Gasteiger partial charge in [0.25, 0.3) is 10.0 Å². The van der Waals surface area contributed by atoms with Crippen LogP contribution in [-0.2, 0) is 17.1 Å². The summed E-state index contributed by atoms with van der Waals surface area (Å²) in [6.07, 6.45) is 2.61. The van der Waals surface area contributed by atoms with Gasteiger partial charge >= 0.3 is 6.09 Å². The minimum Gasteiger partial charge on any atom is -0.464 e. The van der Waals surface area contributed by atoms with Crippen LogP contribution in [-0.4, -0.2) is 39.4 Å². The highest BCUT2D eigenvalue weighted by Gasteiger charge is 2.35. The van der Waals surface area contributed by atoms with Crippen LogP contribution in [0.3, 0.4) is 0 Å². The lowest BCUT2D eigenvalue weighted by Crippen LogP contribution is -2.36. The molecule has 40 heavy (non-hydrogen) atoms. The van der Waals surface area contributed by atoms with Crippen LogP contribution in [0.1, 0.15) is 0 Å². The molecule has 0 bridgehead atoms. The molecule has 0 radical (unpaired) electrons. The Hall–Kier alpha value is -4.40. The van der Waals surface area contributed by atoms with Crippen LogP contribution in [0.5, 0.6) is 11.5 Å². The average Bonchev–Trinajstić information content (AvgIpc) is 3.58. The van der Waals surface area contributed by atoms with Crippen LogP contribution in [0, 0.1) is 11.6 Å². The summed E-state index contributed by atoms with van der Waals surface area (Å²) < 4.78 is 63.2. The Morgan fingerprint density at radius 1 is 1.07 bits per heavy atom. The number of nitrogens with zero attached hydrogens (tertiary/aromatic N) is 5. The third-order valence-electron chi connectivity index (χ3n) is 5.56. The second-order valence-corrected chi connectivity index (χ2v) is 11.0. The first-order valence-electron chi connectivity index (χ1n) is 11.1. The van der Waals surface area contributed by atoms with E-state index in [4.69, 9.17) is 16.3 Å². The summed E-state index contributed by atoms with van der Waals surface area (Å²) in [6.45, 7) is 0. The molecule has 0 saturated carbocycles. The van der Waals surface area contributed by atoms with Crippen molar-refractivity contribution in [3.63, 3.8) is 0 Å². The highest BCUT2D eigenvalue weighted by molar-refractivity contribution is 7.93. The fourth-order valence-corrected chi connectivity index (χ4v) is 5.93. The SMILES string of the molecule is Cn1cc(-c2cc(-c3ccccc3F)ncc2Oc2cc(F)c(S(=O)(=O)N(C(=O)O)c3cscn3)cc2Cl)cn1. The number of rotatable bonds is 7. The first-order valence-corrected chi connectivity index (χ1v) is 13.9. The Labute approximate surface area is 234 Å². The number of aryl methyl sites for hydroxylation is 1. The van der Waals surface area contributed by atoms with E-state index in [1.54, 1.807) is 37.5 Å². The van der Waals surface area contributed by atoms with E-state index in [-0.39, 0.29) is 26.4 Å². The van der Waals surface area contributed by atoms with Crippen LogP contribution in [0.25, 0.3) is 22.4 Å². The first kappa shape index (κ1) is 27.2. The molecule has 0 spiro atoms.